The van der Waals surface area contributed by atoms with Crippen LogP contribution in [-0.4, -0.2) is 55.9 Å². The molecule has 0 unspecified atom stereocenters. The maximum Gasteiger partial charge on any atom is 0.243 e. The minimum atomic E-state index is -3.68. The van der Waals surface area contributed by atoms with Gasteiger partial charge in [0.25, 0.3) is 0 Å². The first-order valence-corrected chi connectivity index (χ1v) is 13.4. The molecule has 0 radical (unpaired) electrons. The highest BCUT2D eigenvalue weighted by Gasteiger charge is 2.28. The van der Waals surface area contributed by atoms with Gasteiger partial charge < -0.3 is 15.0 Å². The molecule has 1 N–H and O–H groups in total. The zero-order valence-corrected chi connectivity index (χ0v) is 21.5. The second-order valence-corrected chi connectivity index (χ2v) is 10.6. The Balaban J connectivity index is 1.75. The Bertz CT molecular complexity index is 1160. The molecule has 1 aliphatic heterocycles. The van der Waals surface area contributed by atoms with Crippen LogP contribution in [0.15, 0.2) is 41.4 Å². The van der Waals surface area contributed by atoms with Crippen molar-refractivity contribution in [3.63, 3.8) is 0 Å². The predicted molar refractivity (Wildman–Crippen MR) is 135 cm³/mol. The molecule has 1 aliphatic rings. The van der Waals surface area contributed by atoms with Crippen molar-refractivity contribution in [2.75, 3.05) is 36.4 Å². The smallest absolute Gasteiger partial charge is 0.243 e. The van der Waals surface area contributed by atoms with E-state index in [0.29, 0.717) is 56.0 Å². The van der Waals surface area contributed by atoms with Crippen LogP contribution >= 0.6 is 0 Å². The molecular formula is C25H33N5O4S. The van der Waals surface area contributed by atoms with E-state index >= 15 is 0 Å². The van der Waals surface area contributed by atoms with Gasteiger partial charge in [0.05, 0.1) is 22.3 Å². The fourth-order valence-corrected chi connectivity index (χ4v) is 5.57. The Labute approximate surface area is 207 Å². The van der Waals surface area contributed by atoms with Gasteiger partial charge in [0.1, 0.15) is 17.6 Å². The summed E-state index contributed by atoms with van der Waals surface area (Å²) >= 11 is 0. The lowest BCUT2D eigenvalue weighted by molar-refractivity contribution is -0.120. The van der Waals surface area contributed by atoms with Crippen LogP contribution in [0.1, 0.15) is 46.1 Å². The number of benzene rings is 1. The highest BCUT2D eigenvalue weighted by atomic mass is 32.2. The minimum Gasteiger partial charge on any atom is -0.489 e. The van der Waals surface area contributed by atoms with E-state index in [9.17, 15) is 13.2 Å². The maximum absolute atomic E-state index is 13.1. The summed E-state index contributed by atoms with van der Waals surface area (Å²) in [5.74, 6) is 0.832. The van der Waals surface area contributed by atoms with Crippen LogP contribution in [0, 0.1) is 17.2 Å². The Kier molecular flexibility index (Phi) is 8.70. The first-order valence-electron chi connectivity index (χ1n) is 11.9. The van der Waals surface area contributed by atoms with Crippen molar-refractivity contribution >= 4 is 27.4 Å². The molecule has 1 saturated heterocycles. The summed E-state index contributed by atoms with van der Waals surface area (Å²) < 4.78 is 33.3. The average molecular weight is 500 g/mol. The molecule has 0 atom stereocenters. The number of ether oxygens (including phenoxy) is 1. The van der Waals surface area contributed by atoms with Gasteiger partial charge in [-0.05, 0) is 57.0 Å². The van der Waals surface area contributed by atoms with Gasteiger partial charge >= 0.3 is 0 Å². The third-order valence-corrected chi connectivity index (χ3v) is 8.03. The largest absolute Gasteiger partial charge is 0.489 e. The number of piperidine rings is 1. The van der Waals surface area contributed by atoms with E-state index in [2.05, 4.69) is 21.3 Å². The summed E-state index contributed by atoms with van der Waals surface area (Å²) in [5.41, 5.74) is 0.862. The fraction of sp³-hybridized carbons (Fsp3) is 0.480. The van der Waals surface area contributed by atoms with Crippen molar-refractivity contribution in [2.24, 2.45) is 5.92 Å². The number of nitriles is 1. The molecule has 35 heavy (non-hydrogen) atoms. The molecule has 2 heterocycles. The molecule has 1 aromatic heterocycles. The van der Waals surface area contributed by atoms with E-state index in [-0.39, 0.29) is 22.8 Å². The lowest BCUT2D eigenvalue weighted by Gasteiger charge is -2.32. The molecule has 0 spiro atoms. The normalized spacial score (nSPS) is 14.7. The van der Waals surface area contributed by atoms with Crippen LogP contribution < -0.4 is 15.0 Å². The molecule has 1 fully saturated rings. The molecule has 0 bridgehead atoms. The third kappa shape index (κ3) is 6.29. The number of nitrogens with one attached hydrogen (secondary N) is 1. The van der Waals surface area contributed by atoms with Crippen molar-refractivity contribution in [3.8, 4) is 11.8 Å². The maximum atomic E-state index is 13.1. The monoisotopic (exact) mass is 499 g/mol. The molecule has 2 aromatic rings. The summed E-state index contributed by atoms with van der Waals surface area (Å²) in [7, 11) is -3.68. The summed E-state index contributed by atoms with van der Waals surface area (Å²) in [6.45, 7) is 9.36. The van der Waals surface area contributed by atoms with E-state index < -0.39 is 10.0 Å². The van der Waals surface area contributed by atoms with Crippen LogP contribution in [0.2, 0.25) is 0 Å². The Morgan fingerprint density at radius 3 is 2.46 bits per heavy atom. The highest BCUT2D eigenvalue weighted by molar-refractivity contribution is 7.89. The molecule has 1 aromatic carbocycles. The zero-order chi connectivity index (χ0) is 25.6. The summed E-state index contributed by atoms with van der Waals surface area (Å²) in [4.78, 5) is 19.7. The molecule has 3 rings (SSSR count). The fourth-order valence-electron chi connectivity index (χ4n) is 4.08. The van der Waals surface area contributed by atoms with Gasteiger partial charge in [-0.1, -0.05) is 13.8 Å². The standard InChI is InChI=1S/C25H33N5O4S/c1-5-30(6-2)35(32,33)21-8-9-23(34-18(3)4)22(15-21)28-25(31)20-11-13-29(14-12-20)24-10-7-19(16-26)17-27-24/h7-10,15,17-18,20H,5-6,11-14H2,1-4H3,(H,28,31). The van der Waals surface area contributed by atoms with E-state index in [0.717, 1.165) is 5.82 Å². The minimum absolute atomic E-state index is 0.120. The van der Waals surface area contributed by atoms with Gasteiger partial charge in [-0.2, -0.15) is 9.57 Å². The van der Waals surface area contributed by atoms with Gasteiger partial charge in [0, 0.05) is 38.3 Å². The SMILES string of the molecule is CCN(CC)S(=O)(=O)c1ccc(OC(C)C)c(NC(=O)C2CCN(c3ccc(C#N)cn3)CC2)c1. The van der Waals surface area contributed by atoms with Crippen molar-refractivity contribution in [1.29, 1.82) is 5.26 Å². The quantitative estimate of drug-likeness (QED) is 0.560. The molecule has 10 heteroatoms. The number of aromatic nitrogens is 1. The number of pyridine rings is 1. The molecule has 0 saturated carbocycles. The number of sulfonamides is 1. The van der Waals surface area contributed by atoms with Gasteiger partial charge in [-0.15, -0.1) is 0 Å². The Morgan fingerprint density at radius 2 is 1.91 bits per heavy atom. The van der Waals surface area contributed by atoms with Crippen LogP contribution in [0.3, 0.4) is 0 Å². The van der Waals surface area contributed by atoms with Crippen molar-refractivity contribution in [2.45, 2.75) is 51.5 Å². The molecule has 1 amide bonds. The van der Waals surface area contributed by atoms with E-state index in [1.54, 1.807) is 32.2 Å². The second kappa shape index (κ2) is 11.5. The topological polar surface area (TPSA) is 116 Å². The number of carbonyl (C=O) groups is 1. The average Bonchev–Trinajstić information content (AvgIpc) is 2.85. The third-order valence-electron chi connectivity index (χ3n) is 5.98. The number of amides is 1. The van der Waals surface area contributed by atoms with Crippen molar-refractivity contribution < 1.29 is 17.9 Å². The van der Waals surface area contributed by atoms with Gasteiger partial charge in [0.2, 0.25) is 15.9 Å². The van der Waals surface area contributed by atoms with Crippen molar-refractivity contribution in [1.82, 2.24) is 9.29 Å². The number of nitrogens with zero attached hydrogens (tertiary/aromatic N) is 4. The lowest BCUT2D eigenvalue weighted by Crippen LogP contribution is -2.38. The first kappa shape index (κ1) is 26.4. The van der Waals surface area contributed by atoms with Gasteiger partial charge in [-0.25, -0.2) is 13.4 Å². The van der Waals surface area contributed by atoms with Gasteiger partial charge in [0.15, 0.2) is 0 Å². The number of rotatable bonds is 9. The number of carbonyl (C=O) groups excluding carboxylic acids is 1. The van der Waals surface area contributed by atoms with Crippen molar-refractivity contribution in [3.05, 3.63) is 42.1 Å². The Hall–Kier alpha value is -3.16. The van der Waals surface area contributed by atoms with Crippen LogP contribution in [-0.2, 0) is 14.8 Å². The van der Waals surface area contributed by atoms with E-state index in [1.807, 2.05) is 19.9 Å². The lowest BCUT2D eigenvalue weighted by atomic mass is 9.95. The van der Waals surface area contributed by atoms with E-state index in [4.69, 9.17) is 10.00 Å². The van der Waals surface area contributed by atoms with Gasteiger partial charge in [-0.3, -0.25) is 4.79 Å². The van der Waals surface area contributed by atoms with Crippen LogP contribution in [0.25, 0.3) is 0 Å². The first-order chi connectivity index (χ1) is 16.7. The number of hydrogen-bond donors (Lipinski definition) is 1. The predicted octanol–water partition coefficient (Wildman–Crippen LogP) is 3.63. The molecule has 9 nitrogen and oxygen atoms in total. The molecular weight excluding hydrogens is 466 g/mol. The zero-order valence-electron chi connectivity index (χ0n) is 20.7. The van der Waals surface area contributed by atoms with E-state index in [1.165, 1.54) is 16.4 Å². The summed E-state index contributed by atoms with van der Waals surface area (Å²) in [5, 5.41) is 11.9. The Morgan fingerprint density at radius 1 is 1.23 bits per heavy atom. The van der Waals surface area contributed by atoms with Crippen LogP contribution in [0.5, 0.6) is 5.75 Å². The van der Waals surface area contributed by atoms with Crippen LogP contribution in [0.4, 0.5) is 11.5 Å². The highest BCUT2D eigenvalue weighted by Crippen LogP contribution is 2.31. The molecule has 0 aliphatic carbocycles. The second-order valence-electron chi connectivity index (χ2n) is 8.68. The molecule has 188 valence electrons. The number of anilines is 2. The number of hydrogen-bond acceptors (Lipinski definition) is 7. The summed E-state index contributed by atoms with van der Waals surface area (Å²) in [6.07, 6.45) is 2.67. The summed E-state index contributed by atoms with van der Waals surface area (Å²) in [6, 6.07) is 10.2.